The fraction of sp³-hybridized carbons (Fsp3) is 0.133. The Bertz CT molecular complexity index is 847. The highest BCUT2D eigenvalue weighted by Gasteiger charge is 2.33. The molecular formula is C15H12F3N5O. The lowest BCUT2D eigenvalue weighted by molar-refractivity contribution is -0.136. The van der Waals surface area contributed by atoms with E-state index in [1.165, 1.54) is 30.5 Å². The van der Waals surface area contributed by atoms with Gasteiger partial charge in [-0.25, -0.2) is 4.98 Å². The topological polar surface area (TPSA) is 75.9 Å². The Labute approximate surface area is 134 Å². The van der Waals surface area contributed by atoms with Gasteiger partial charge in [0, 0.05) is 12.3 Å². The van der Waals surface area contributed by atoms with Crippen molar-refractivity contribution in [3.05, 3.63) is 53.9 Å². The van der Waals surface area contributed by atoms with Gasteiger partial charge in [0.25, 0.3) is 0 Å². The maximum absolute atomic E-state index is 13.0. The minimum absolute atomic E-state index is 0.0908. The Kier molecular flexibility index (Phi) is 4.07. The van der Waals surface area contributed by atoms with Crippen molar-refractivity contribution in [3.8, 4) is 0 Å². The van der Waals surface area contributed by atoms with Gasteiger partial charge in [-0.05, 0) is 25.1 Å². The molecule has 1 aromatic carbocycles. The predicted octanol–water partition coefficient (Wildman–Crippen LogP) is 4.28. The highest BCUT2D eigenvalue weighted by atomic mass is 19.4. The average Bonchev–Trinajstić information content (AvgIpc) is 2.92. The molecule has 3 aromatic rings. The average molecular weight is 335 g/mol. The van der Waals surface area contributed by atoms with Gasteiger partial charge in [0.15, 0.2) is 5.82 Å². The molecular weight excluding hydrogens is 323 g/mol. The van der Waals surface area contributed by atoms with Crippen LogP contribution < -0.4 is 10.6 Å². The molecule has 0 amide bonds. The first kappa shape index (κ1) is 15.8. The molecule has 0 atom stereocenters. The number of rotatable bonds is 4. The summed E-state index contributed by atoms with van der Waals surface area (Å²) >= 11 is 0. The number of aromatic nitrogens is 3. The fourth-order valence-corrected chi connectivity index (χ4v) is 2.01. The zero-order valence-corrected chi connectivity index (χ0v) is 12.4. The molecule has 0 unspecified atom stereocenters. The summed E-state index contributed by atoms with van der Waals surface area (Å²) in [7, 11) is 0. The number of nitrogens with one attached hydrogen (secondary N) is 2. The van der Waals surface area contributed by atoms with Gasteiger partial charge in [0.1, 0.15) is 11.6 Å². The van der Waals surface area contributed by atoms with E-state index < -0.39 is 11.7 Å². The van der Waals surface area contributed by atoms with E-state index in [1.54, 1.807) is 13.0 Å². The van der Waals surface area contributed by atoms with Crippen molar-refractivity contribution in [1.29, 1.82) is 0 Å². The van der Waals surface area contributed by atoms with Gasteiger partial charge in [-0.2, -0.15) is 18.2 Å². The summed E-state index contributed by atoms with van der Waals surface area (Å²) in [6.07, 6.45) is -3.04. The minimum atomic E-state index is -4.46. The molecule has 6 nitrogen and oxygen atoms in total. The number of halogens is 3. The van der Waals surface area contributed by atoms with Crippen molar-refractivity contribution in [2.24, 2.45) is 0 Å². The standard InChI is InChI=1S/C15H12F3N5O/c1-9-8-13(23-24-9)22-14-19-7-6-12(21-14)20-11-5-3-2-4-10(11)15(16,17)18/h2-8H,1H3,(H2,19,20,21,22,23). The number of para-hydroxylation sites is 1. The molecule has 0 fully saturated rings. The van der Waals surface area contributed by atoms with Crippen LogP contribution in [-0.2, 0) is 6.18 Å². The number of hydrogen-bond acceptors (Lipinski definition) is 6. The van der Waals surface area contributed by atoms with Crippen LogP contribution in [0.15, 0.2) is 47.1 Å². The van der Waals surface area contributed by atoms with Gasteiger partial charge < -0.3 is 15.2 Å². The summed E-state index contributed by atoms with van der Waals surface area (Å²) < 4.78 is 44.0. The van der Waals surface area contributed by atoms with Crippen molar-refractivity contribution >= 4 is 23.3 Å². The molecule has 2 heterocycles. The van der Waals surface area contributed by atoms with E-state index in [0.717, 1.165) is 6.07 Å². The number of anilines is 4. The first-order chi connectivity index (χ1) is 11.4. The largest absolute Gasteiger partial charge is 0.418 e. The Morgan fingerprint density at radius 3 is 2.54 bits per heavy atom. The van der Waals surface area contributed by atoms with Crippen LogP contribution in [0.2, 0.25) is 0 Å². The maximum Gasteiger partial charge on any atom is 0.418 e. The van der Waals surface area contributed by atoms with Gasteiger partial charge in [-0.1, -0.05) is 17.3 Å². The molecule has 3 rings (SSSR count). The van der Waals surface area contributed by atoms with E-state index in [9.17, 15) is 13.2 Å². The third kappa shape index (κ3) is 3.62. The Hall–Kier alpha value is -3.10. The molecule has 2 aromatic heterocycles. The SMILES string of the molecule is Cc1cc(Nc2nccc(Nc3ccccc3C(F)(F)F)n2)no1. The summed E-state index contributed by atoms with van der Waals surface area (Å²) in [5.41, 5.74) is -0.864. The molecule has 0 saturated heterocycles. The van der Waals surface area contributed by atoms with Crippen molar-refractivity contribution < 1.29 is 17.7 Å². The van der Waals surface area contributed by atoms with Crippen LogP contribution in [-0.4, -0.2) is 15.1 Å². The molecule has 0 aliphatic heterocycles. The lowest BCUT2D eigenvalue weighted by atomic mass is 10.1. The molecule has 0 aliphatic rings. The number of benzene rings is 1. The second-order valence-corrected chi connectivity index (χ2v) is 4.88. The maximum atomic E-state index is 13.0. The number of aryl methyl sites for hydroxylation is 1. The quantitative estimate of drug-likeness (QED) is 0.741. The molecule has 2 N–H and O–H groups in total. The molecule has 0 radical (unpaired) electrons. The van der Waals surface area contributed by atoms with Crippen LogP contribution in [0.25, 0.3) is 0 Å². The molecule has 0 bridgehead atoms. The highest BCUT2D eigenvalue weighted by molar-refractivity contribution is 5.62. The summed E-state index contributed by atoms with van der Waals surface area (Å²) in [6, 6.07) is 8.28. The first-order valence-corrected chi connectivity index (χ1v) is 6.88. The summed E-state index contributed by atoms with van der Waals surface area (Å²) in [6.45, 7) is 1.73. The molecule has 0 saturated carbocycles. The fourth-order valence-electron chi connectivity index (χ4n) is 2.01. The lowest BCUT2D eigenvalue weighted by Crippen LogP contribution is -2.09. The smallest absolute Gasteiger partial charge is 0.360 e. The van der Waals surface area contributed by atoms with E-state index in [2.05, 4.69) is 25.8 Å². The van der Waals surface area contributed by atoms with Crippen LogP contribution in [0, 0.1) is 6.92 Å². The van der Waals surface area contributed by atoms with E-state index in [4.69, 9.17) is 4.52 Å². The van der Waals surface area contributed by atoms with Gasteiger partial charge in [-0.3, -0.25) is 0 Å². The number of hydrogen-bond donors (Lipinski definition) is 2. The van der Waals surface area contributed by atoms with Crippen molar-refractivity contribution in [3.63, 3.8) is 0 Å². The molecule has 0 spiro atoms. The second-order valence-electron chi connectivity index (χ2n) is 4.88. The lowest BCUT2D eigenvalue weighted by Gasteiger charge is -2.14. The van der Waals surface area contributed by atoms with Crippen LogP contribution in [0.3, 0.4) is 0 Å². The van der Waals surface area contributed by atoms with Crippen LogP contribution in [0.5, 0.6) is 0 Å². The van der Waals surface area contributed by atoms with Crippen LogP contribution >= 0.6 is 0 Å². The predicted molar refractivity (Wildman–Crippen MR) is 81.3 cm³/mol. The molecule has 124 valence electrons. The van der Waals surface area contributed by atoms with Crippen molar-refractivity contribution in [2.75, 3.05) is 10.6 Å². The van der Waals surface area contributed by atoms with Crippen molar-refractivity contribution in [1.82, 2.24) is 15.1 Å². The zero-order valence-electron chi connectivity index (χ0n) is 12.4. The van der Waals surface area contributed by atoms with Crippen LogP contribution in [0.1, 0.15) is 11.3 Å². The van der Waals surface area contributed by atoms with E-state index in [-0.39, 0.29) is 17.5 Å². The number of nitrogens with zero attached hydrogens (tertiary/aromatic N) is 3. The van der Waals surface area contributed by atoms with Gasteiger partial charge >= 0.3 is 6.18 Å². The minimum Gasteiger partial charge on any atom is -0.360 e. The van der Waals surface area contributed by atoms with Crippen molar-refractivity contribution in [2.45, 2.75) is 13.1 Å². The Morgan fingerprint density at radius 2 is 1.83 bits per heavy atom. The van der Waals surface area contributed by atoms with Crippen LogP contribution in [0.4, 0.5) is 36.4 Å². The molecule has 0 aliphatic carbocycles. The summed E-state index contributed by atoms with van der Waals surface area (Å²) in [4.78, 5) is 8.10. The number of alkyl halides is 3. The molecule has 24 heavy (non-hydrogen) atoms. The third-order valence-electron chi connectivity index (χ3n) is 3.02. The third-order valence-corrected chi connectivity index (χ3v) is 3.02. The van der Waals surface area contributed by atoms with Gasteiger partial charge in [0.05, 0.1) is 11.3 Å². The Morgan fingerprint density at radius 1 is 1.04 bits per heavy atom. The highest BCUT2D eigenvalue weighted by Crippen LogP contribution is 2.35. The van der Waals surface area contributed by atoms with E-state index in [0.29, 0.717) is 11.6 Å². The van der Waals surface area contributed by atoms with Gasteiger partial charge in [0.2, 0.25) is 5.95 Å². The second kappa shape index (κ2) is 6.19. The Balaban J connectivity index is 1.83. The summed E-state index contributed by atoms with van der Waals surface area (Å²) in [5.74, 6) is 1.40. The normalized spacial score (nSPS) is 11.3. The zero-order chi connectivity index (χ0) is 17.2. The van der Waals surface area contributed by atoms with E-state index in [1.807, 2.05) is 0 Å². The first-order valence-electron chi connectivity index (χ1n) is 6.88. The monoisotopic (exact) mass is 335 g/mol. The molecule has 9 heteroatoms. The summed E-state index contributed by atoms with van der Waals surface area (Å²) in [5, 5.41) is 9.20. The van der Waals surface area contributed by atoms with Gasteiger partial charge in [-0.15, -0.1) is 0 Å². The van der Waals surface area contributed by atoms with E-state index >= 15 is 0 Å².